The van der Waals surface area contributed by atoms with Crippen LogP contribution in [0.4, 0.5) is 0 Å². The first-order valence-corrected chi connectivity index (χ1v) is 9.81. The topological polar surface area (TPSA) is 52.6 Å². The highest BCUT2D eigenvalue weighted by Crippen LogP contribution is 2.59. The van der Waals surface area contributed by atoms with E-state index >= 15 is 0 Å². The summed E-state index contributed by atoms with van der Waals surface area (Å²) in [5.74, 6) is -0.239. The van der Waals surface area contributed by atoms with E-state index in [2.05, 4.69) is 0 Å². The van der Waals surface area contributed by atoms with E-state index in [4.69, 9.17) is 9.26 Å². The van der Waals surface area contributed by atoms with E-state index in [0.29, 0.717) is 5.75 Å². The van der Waals surface area contributed by atoms with Gasteiger partial charge in [-0.05, 0) is 38.5 Å². The zero-order valence-corrected chi connectivity index (χ0v) is 16.1. The molecular formula is C18H29O4P. The van der Waals surface area contributed by atoms with Gasteiger partial charge in [-0.25, -0.2) is 0 Å². The van der Waals surface area contributed by atoms with Crippen molar-refractivity contribution >= 4 is 13.3 Å². The average Bonchev–Trinajstić information content (AvgIpc) is 2.36. The Bertz CT molecular complexity index is 587. The molecule has 0 saturated heterocycles. The summed E-state index contributed by atoms with van der Waals surface area (Å²) in [5, 5.41) is -0.566. The normalized spacial score (nSPS) is 15.8. The van der Waals surface area contributed by atoms with Crippen LogP contribution < -0.4 is 4.52 Å². The van der Waals surface area contributed by atoms with Crippen molar-refractivity contribution in [3.8, 4) is 5.75 Å². The maximum atomic E-state index is 13.5. The summed E-state index contributed by atoms with van der Waals surface area (Å²) in [6.45, 7) is 12.9. The number of aryl methyl sites for hydroxylation is 1. The van der Waals surface area contributed by atoms with Gasteiger partial charge in [0.25, 0.3) is 7.37 Å². The van der Waals surface area contributed by atoms with Crippen LogP contribution >= 0.6 is 7.37 Å². The molecule has 0 aliphatic heterocycles. The minimum absolute atomic E-state index is 0.163. The smallest absolute Gasteiger partial charge is 0.309 e. The third-order valence-corrected chi connectivity index (χ3v) is 7.11. The predicted molar refractivity (Wildman–Crippen MR) is 94.4 cm³/mol. The molecule has 0 aliphatic carbocycles. The van der Waals surface area contributed by atoms with Crippen LogP contribution in [0.1, 0.15) is 47.1 Å². The third-order valence-electron chi connectivity index (χ3n) is 3.53. The zero-order chi connectivity index (χ0) is 17.8. The standard InChI is InChI=1S/C18H29O4P/c1-13(2)21-17(19)15(4)12-23(20,18(5,6)7)22-16-10-8-9-14(3)11-16/h8-11,13,15H,12H2,1-7H3/t15-,23+/m1/s1. The predicted octanol–water partition coefficient (Wildman–Crippen LogP) is 5.04. The minimum atomic E-state index is -3.10. The second kappa shape index (κ2) is 7.53. The molecule has 0 amide bonds. The lowest BCUT2D eigenvalue weighted by atomic mass is 10.2. The number of ether oxygens (including phenoxy) is 1. The Balaban J connectivity index is 3.00. The molecule has 4 nitrogen and oxygen atoms in total. The van der Waals surface area contributed by atoms with Crippen LogP contribution in [0.15, 0.2) is 24.3 Å². The quantitative estimate of drug-likeness (QED) is 0.538. The summed E-state index contributed by atoms with van der Waals surface area (Å²) in [5.41, 5.74) is 1.04. The Kier molecular flexibility index (Phi) is 6.47. The lowest BCUT2D eigenvalue weighted by molar-refractivity contribution is -0.151. The van der Waals surface area contributed by atoms with Crippen molar-refractivity contribution in [3.05, 3.63) is 29.8 Å². The van der Waals surface area contributed by atoms with Crippen molar-refractivity contribution in [3.63, 3.8) is 0 Å². The number of rotatable bonds is 6. The van der Waals surface area contributed by atoms with Crippen LogP contribution in [-0.4, -0.2) is 23.4 Å². The number of carbonyl (C=O) groups excluding carboxylic acids is 1. The van der Waals surface area contributed by atoms with Crippen LogP contribution in [0.25, 0.3) is 0 Å². The van der Waals surface area contributed by atoms with Gasteiger partial charge in [-0.2, -0.15) is 0 Å². The van der Waals surface area contributed by atoms with Gasteiger partial charge in [-0.15, -0.1) is 0 Å². The highest BCUT2D eigenvalue weighted by atomic mass is 31.2. The summed E-state index contributed by atoms with van der Waals surface area (Å²) in [6, 6.07) is 7.48. The van der Waals surface area contributed by atoms with Gasteiger partial charge in [0.15, 0.2) is 0 Å². The van der Waals surface area contributed by atoms with E-state index < -0.39 is 18.4 Å². The molecule has 0 saturated carbocycles. The Morgan fingerprint density at radius 1 is 1.22 bits per heavy atom. The maximum absolute atomic E-state index is 13.5. The molecule has 1 rings (SSSR count). The van der Waals surface area contributed by atoms with E-state index in [1.807, 2.05) is 45.9 Å². The molecular weight excluding hydrogens is 311 g/mol. The summed E-state index contributed by atoms with van der Waals surface area (Å²) in [7, 11) is -3.10. The van der Waals surface area contributed by atoms with Gasteiger partial charge in [0.2, 0.25) is 0 Å². The minimum Gasteiger partial charge on any atom is -0.463 e. The van der Waals surface area contributed by atoms with Gasteiger partial charge in [0.05, 0.1) is 12.0 Å². The first kappa shape index (κ1) is 19.8. The molecule has 0 aromatic heterocycles. The fourth-order valence-electron chi connectivity index (χ4n) is 2.07. The van der Waals surface area contributed by atoms with Crippen LogP contribution in [0.3, 0.4) is 0 Å². The van der Waals surface area contributed by atoms with Crippen LogP contribution in [0, 0.1) is 12.8 Å². The fourth-order valence-corrected chi connectivity index (χ4v) is 4.29. The Morgan fingerprint density at radius 3 is 2.30 bits per heavy atom. The molecule has 0 fully saturated rings. The molecule has 1 aromatic rings. The number of benzene rings is 1. The van der Waals surface area contributed by atoms with Crippen molar-refractivity contribution in [2.24, 2.45) is 5.92 Å². The molecule has 0 unspecified atom stereocenters. The number of hydrogen-bond donors (Lipinski definition) is 0. The first-order valence-electron chi connectivity index (χ1n) is 8.00. The fraction of sp³-hybridized carbons (Fsp3) is 0.611. The van der Waals surface area contributed by atoms with Crippen molar-refractivity contribution in [1.29, 1.82) is 0 Å². The molecule has 23 heavy (non-hydrogen) atoms. The Morgan fingerprint density at radius 2 is 1.83 bits per heavy atom. The van der Waals surface area contributed by atoms with Crippen molar-refractivity contribution in [2.45, 2.75) is 59.7 Å². The molecule has 0 heterocycles. The Labute approximate surface area is 140 Å². The molecule has 0 N–H and O–H groups in total. The molecule has 0 spiro atoms. The third kappa shape index (κ3) is 5.69. The lowest BCUT2D eigenvalue weighted by Crippen LogP contribution is -2.28. The van der Waals surface area contributed by atoms with Gasteiger partial charge >= 0.3 is 5.97 Å². The highest BCUT2D eigenvalue weighted by molar-refractivity contribution is 7.61. The molecule has 130 valence electrons. The summed E-state index contributed by atoms with van der Waals surface area (Å²) in [6.07, 6.45) is -0.0210. The first-order chi connectivity index (χ1) is 10.4. The van der Waals surface area contributed by atoms with E-state index in [1.165, 1.54) is 0 Å². The molecule has 1 aromatic carbocycles. The largest absolute Gasteiger partial charge is 0.463 e. The number of hydrogen-bond acceptors (Lipinski definition) is 4. The van der Waals surface area contributed by atoms with Gasteiger partial charge in [0.1, 0.15) is 5.75 Å². The number of esters is 1. The van der Waals surface area contributed by atoms with E-state index in [9.17, 15) is 9.36 Å². The second-order valence-corrected chi connectivity index (χ2v) is 10.6. The van der Waals surface area contributed by atoms with Gasteiger partial charge in [-0.3, -0.25) is 9.36 Å². The van der Waals surface area contributed by atoms with E-state index in [-0.39, 0.29) is 18.2 Å². The van der Waals surface area contributed by atoms with Crippen LogP contribution in [-0.2, 0) is 14.1 Å². The van der Waals surface area contributed by atoms with E-state index in [1.54, 1.807) is 26.8 Å². The molecule has 0 aliphatic rings. The number of carbonyl (C=O) groups is 1. The molecule has 2 atom stereocenters. The van der Waals surface area contributed by atoms with E-state index in [0.717, 1.165) is 5.56 Å². The van der Waals surface area contributed by atoms with Crippen LogP contribution in [0.2, 0.25) is 0 Å². The zero-order valence-electron chi connectivity index (χ0n) is 15.3. The van der Waals surface area contributed by atoms with Gasteiger partial charge < -0.3 is 9.26 Å². The molecule has 0 radical (unpaired) electrons. The summed E-state index contributed by atoms with van der Waals surface area (Å²) >= 11 is 0. The molecule has 0 bridgehead atoms. The summed E-state index contributed by atoms with van der Waals surface area (Å²) in [4.78, 5) is 12.1. The van der Waals surface area contributed by atoms with Gasteiger partial charge in [-0.1, -0.05) is 39.8 Å². The molecule has 5 heteroatoms. The van der Waals surface area contributed by atoms with Crippen molar-refractivity contribution in [2.75, 3.05) is 6.16 Å². The monoisotopic (exact) mass is 340 g/mol. The van der Waals surface area contributed by atoms with Crippen molar-refractivity contribution in [1.82, 2.24) is 0 Å². The lowest BCUT2D eigenvalue weighted by Gasteiger charge is -2.32. The van der Waals surface area contributed by atoms with Crippen LogP contribution in [0.5, 0.6) is 5.75 Å². The van der Waals surface area contributed by atoms with Crippen molar-refractivity contribution < 1.29 is 18.6 Å². The average molecular weight is 340 g/mol. The van der Waals surface area contributed by atoms with Gasteiger partial charge in [0, 0.05) is 11.3 Å². The SMILES string of the molecule is Cc1cccc(O[P@@](=O)(C[C@@H](C)C(=O)OC(C)C)C(C)(C)C)c1. The Hall–Kier alpha value is -1.28. The maximum Gasteiger partial charge on any atom is 0.309 e. The summed E-state index contributed by atoms with van der Waals surface area (Å²) < 4.78 is 24.6. The highest BCUT2D eigenvalue weighted by Gasteiger charge is 2.42. The second-order valence-electron chi connectivity index (χ2n) is 7.32.